The van der Waals surface area contributed by atoms with Crippen LogP contribution in [0.15, 0.2) is 42.7 Å². The number of anilines is 1. The smallest absolute Gasteiger partial charge is 0.222 e. The lowest BCUT2D eigenvalue weighted by Crippen LogP contribution is -2.42. The minimum absolute atomic E-state index is 0.610. The van der Waals surface area contributed by atoms with Crippen molar-refractivity contribution >= 4 is 5.95 Å². The SMILES string of the molecule is CN(C)C[C@]1(O)CCN(Cc2cnc(NCc3ccccc3)nc2)C1. The average molecular weight is 341 g/mol. The Morgan fingerprint density at radius 2 is 1.88 bits per heavy atom. The van der Waals surface area contributed by atoms with Crippen LogP contribution in [0.5, 0.6) is 0 Å². The largest absolute Gasteiger partial charge is 0.387 e. The molecule has 134 valence electrons. The van der Waals surface area contributed by atoms with Crippen molar-refractivity contribution in [3.05, 3.63) is 53.9 Å². The number of aliphatic hydroxyl groups is 1. The highest BCUT2D eigenvalue weighted by Gasteiger charge is 2.36. The molecule has 2 aromatic rings. The van der Waals surface area contributed by atoms with Gasteiger partial charge in [0.25, 0.3) is 0 Å². The van der Waals surface area contributed by atoms with Crippen LogP contribution in [0, 0.1) is 0 Å². The molecule has 1 atom stereocenters. The van der Waals surface area contributed by atoms with E-state index in [0.29, 0.717) is 25.6 Å². The van der Waals surface area contributed by atoms with Gasteiger partial charge < -0.3 is 15.3 Å². The van der Waals surface area contributed by atoms with E-state index in [1.54, 1.807) is 0 Å². The molecule has 1 aliphatic rings. The maximum Gasteiger partial charge on any atom is 0.222 e. The van der Waals surface area contributed by atoms with Gasteiger partial charge in [-0.3, -0.25) is 4.90 Å². The van der Waals surface area contributed by atoms with Gasteiger partial charge in [-0.05, 0) is 26.1 Å². The van der Waals surface area contributed by atoms with Crippen LogP contribution in [0.4, 0.5) is 5.95 Å². The molecule has 6 nitrogen and oxygen atoms in total. The molecular formula is C19H27N5O. The summed E-state index contributed by atoms with van der Waals surface area (Å²) >= 11 is 0. The van der Waals surface area contributed by atoms with E-state index >= 15 is 0 Å². The first-order chi connectivity index (χ1) is 12.0. The third-order valence-corrected chi connectivity index (χ3v) is 4.43. The lowest BCUT2D eigenvalue weighted by Gasteiger charge is -2.26. The highest BCUT2D eigenvalue weighted by molar-refractivity contribution is 5.28. The van der Waals surface area contributed by atoms with E-state index in [-0.39, 0.29) is 0 Å². The van der Waals surface area contributed by atoms with Gasteiger partial charge in [0.15, 0.2) is 0 Å². The van der Waals surface area contributed by atoms with Crippen molar-refractivity contribution < 1.29 is 5.11 Å². The number of nitrogens with zero attached hydrogens (tertiary/aromatic N) is 4. The van der Waals surface area contributed by atoms with Crippen molar-refractivity contribution in [2.75, 3.05) is 39.0 Å². The van der Waals surface area contributed by atoms with E-state index < -0.39 is 5.60 Å². The summed E-state index contributed by atoms with van der Waals surface area (Å²) in [6, 6.07) is 10.2. The molecule has 0 saturated carbocycles. The van der Waals surface area contributed by atoms with Crippen molar-refractivity contribution in [1.29, 1.82) is 0 Å². The zero-order valence-electron chi connectivity index (χ0n) is 15.0. The van der Waals surface area contributed by atoms with E-state index in [0.717, 1.165) is 25.1 Å². The van der Waals surface area contributed by atoms with Gasteiger partial charge in [0, 0.05) is 50.7 Å². The van der Waals surface area contributed by atoms with Crippen LogP contribution in [-0.4, -0.2) is 64.2 Å². The molecule has 2 N–H and O–H groups in total. The molecule has 1 aromatic heterocycles. The number of nitrogens with one attached hydrogen (secondary N) is 1. The number of hydrogen-bond acceptors (Lipinski definition) is 6. The van der Waals surface area contributed by atoms with Crippen molar-refractivity contribution in [3.63, 3.8) is 0 Å². The number of hydrogen-bond donors (Lipinski definition) is 2. The Morgan fingerprint density at radius 3 is 2.56 bits per heavy atom. The first-order valence-electron chi connectivity index (χ1n) is 8.71. The molecule has 0 amide bonds. The zero-order valence-corrected chi connectivity index (χ0v) is 15.0. The summed E-state index contributed by atoms with van der Waals surface area (Å²) in [6.45, 7) is 3.78. The predicted molar refractivity (Wildman–Crippen MR) is 99.2 cm³/mol. The molecule has 1 fully saturated rings. The van der Waals surface area contributed by atoms with E-state index in [1.807, 2.05) is 49.6 Å². The third kappa shape index (κ3) is 5.22. The Labute approximate surface area is 149 Å². The highest BCUT2D eigenvalue weighted by atomic mass is 16.3. The topological polar surface area (TPSA) is 64.5 Å². The number of rotatable bonds is 7. The second-order valence-electron chi connectivity index (χ2n) is 7.18. The molecular weight excluding hydrogens is 314 g/mol. The lowest BCUT2D eigenvalue weighted by molar-refractivity contribution is 0.0240. The van der Waals surface area contributed by atoms with Crippen molar-refractivity contribution in [3.8, 4) is 0 Å². The average Bonchev–Trinajstić information content (AvgIpc) is 2.95. The standard InChI is InChI=1S/C19H27N5O/c1-23(2)14-19(25)8-9-24(15-19)13-17-11-21-18(22-12-17)20-10-16-6-4-3-5-7-16/h3-7,11-12,25H,8-10,13-15H2,1-2H3,(H,20,21,22)/t19-/m1/s1. The molecule has 1 aromatic carbocycles. The Morgan fingerprint density at radius 1 is 1.16 bits per heavy atom. The molecule has 1 aliphatic heterocycles. The van der Waals surface area contributed by atoms with Gasteiger partial charge in [0.05, 0.1) is 5.60 Å². The molecule has 0 radical (unpaired) electrons. The first kappa shape index (κ1) is 17.8. The van der Waals surface area contributed by atoms with Crippen LogP contribution < -0.4 is 5.32 Å². The van der Waals surface area contributed by atoms with E-state index in [9.17, 15) is 5.11 Å². The van der Waals surface area contributed by atoms with Crippen molar-refractivity contribution in [1.82, 2.24) is 19.8 Å². The number of likely N-dealkylation sites (N-methyl/N-ethyl adjacent to an activating group) is 1. The van der Waals surface area contributed by atoms with E-state index in [1.165, 1.54) is 5.56 Å². The summed E-state index contributed by atoms with van der Waals surface area (Å²) in [5.74, 6) is 0.637. The molecule has 6 heteroatoms. The van der Waals surface area contributed by atoms with Crippen LogP contribution in [0.1, 0.15) is 17.5 Å². The first-order valence-corrected chi connectivity index (χ1v) is 8.71. The Bertz CT molecular complexity index is 661. The quantitative estimate of drug-likeness (QED) is 0.797. The molecule has 1 saturated heterocycles. The fourth-order valence-electron chi connectivity index (χ4n) is 3.36. The molecule has 2 heterocycles. The van der Waals surface area contributed by atoms with E-state index in [2.05, 4.69) is 32.3 Å². The fourth-order valence-corrected chi connectivity index (χ4v) is 3.36. The van der Waals surface area contributed by atoms with Gasteiger partial charge in [-0.15, -0.1) is 0 Å². The Balaban J connectivity index is 1.50. The molecule has 0 bridgehead atoms. The number of β-amino-alcohol motifs (C(OH)–C–C–N with tert-alkyl or cyclic N) is 1. The lowest BCUT2D eigenvalue weighted by atomic mass is 10.0. The zero-order chi connectivity index (χ0) is 17.7. The summed E-state index contributed by atoms with van der Waals surface area (Å²) < 4.78 is 0. The third-order valence-electron chi connectivity index (χ3n) is 4.43. The molecule has 25 heavy (non-hydrogen) atoms. The second-order valence-corrected chi connectivity index (χ2v) is 7.18. The van der Waals surface area contributed by atoms with Gasteiger partial charge in [0.1, 0.15) is 0 Å². The minimum atomic E-state index is -0.610. The van der Waals surface area contributed by atoms with Gasteiger partial charge >= 0.3 is 0 Å². The van der Waals surface area contributed by atoms with Gasteiger partial charge in [-0.25, -0.2) is 9.97 Å². The predicted octanol–water partition coefficient (Wildman–Crippen LogP) is 1.59. The van der Waals surface area contributed by atoms with Crippen LogP contribution in [0.25, 0.3) is 0 Å². The van der Waals surface area contributed by atoms with Crippen molar-refractivity contribution in [2.24, 2.45) is 0 Å². The van der Waals surface area contributed by atoms with E-state index in [4.69, 9.17) is 0 Å². The summed E-state index contributed by atoms with van der Waals surface area (Å²) in [4.78, 5) is 13.1. The van der Waals surface area contributed by atoms with Gasteiger partial charge in [-0.2, -0.15) is 0 Å². The summed E-state index contributed by atoms with van der Waals surface area (Å²) in [6.07, 6.45) is 4.54. The summed E-state index contributed by atoms with van der Waals surface area (Å²) in [5, 5.41) is 13.8. The van der Waals surface area contributed by atoms with Crippen LogP contribution in [-0.2, 0) is 13.1 Å². The normalized spacial score (nSPS) is 21.0. The Hall–Kier alpha value is -2.02. The second kappa shape index (κ2) is 7.91. The number of likely N-dealkylation sites (tertiary alicyclic amines) is 1. The molecule has 0 spiro atoms. The van der Waals surface area contributed by atoms with Gasteiger partial charge in [-0.1, -0.05) is 30.3 Å². The highest BCUT2D eigenvalue weighted by Crippen LogP contribution is 2.23. The molecule has 0 unspecified atom stereocenters. The monoisotopic (exact) mass is 341 g/mol. The fraction of sp³-hybridized carbons (Fsp3) is 0.474. The summed E-state index contributed by atoms with van der Waals surface area (Å²) in [5.41, 5.74) is 1.66. The Kier molecular flexibility index (Phi) is 5.63. The molecule has 0 aliphatic carbocycles. The van der Waals surface area contributed by atoms with Crippen LogP contribution in [0.2, 0.25) is 0 Å². The van der Waals surface area contributed by atoms with Crippen molar-refractivity contribution in [2.45, 2.75) is 25.1 Å². The molecule has 3 rings (SSSR count). The van der Waals surface area contributed by atoms with Crippen LogP contribution in [0.3, 0.4) is 0 Å². The van der Waals surface area contributed by atoms with Crippen LogP contribution >= 0.6 is 0 Å². The maximum absolute atomic E-state index is 10.6. The number of aromatic nitrogens is 2. The minimum Gasteiger partial charge on any atom is -0.387 e. The van der Waals surface area contributed by atoms with Gasteiger partial charge in [0.2, 0.25) is 5.95 Å². The summed E-state index contributed by atoms with van der Waals surface area (Å²) in [7, 11) is 3.99. The number of benzene rings is 1. The maximum atomic E-state index is 10.6.